The summed E-state index contributed by atoms with van der Waals surface area (Å²) < 4.78 is 7.58. The highest BCUT2D eigenvalue weighted by Crippen LogP contribution is 2.32. The molecule has 0 radical (unpaired) electrons. The normalized spacial score (nSPS) is 22.6. The van der Waals surface area contributed by atoms with Gasteiger partial charge in [0, 0.05) is 12.0 Å². The van der Waals surface area contributed by atoms with Gasteiger partial charge in [-0.15, -0.1) is 0 Å². The highest BCUT2D eigenvalue weighted by atomic mass is 16.5. The van der Waals surface area contributed by atoms with Gasteiger partial charge >= 0.3 is 0 Å². The first-order valence-corrected chi connectivity index (χ1v) is 8.55. The van der Waals surface area contributed by atoms with E-state index in [2.05, 4.69) is 20.3 Å². The summed E-state index contributed by atoms with van der Waals surface area (Å²) in [6.45, 7) is 2.02. The monoisotopic (exact) mass is 353 g/mol. The average Bonchev–Trinajstić information content (AvgIpc) is 3.26. The third-order valence-corrected chi connectivity index (χ3v) is 4.52. The second-order valence-electron chi connectivity index (χ2n) is 6.23. The van der Waals surface area contributed by atoms with Crippen molar-refractivity contribution in [2.24, 2.45) is 0 Å². The second kappa shape index (κ2) is 6.81. The molecule has 4 rings (SSSR count). The van der Waals surface area contributed by atoms with Gasteiger partial charge in [-0.2, -0.15) is 0 Å². The lowest BCUT2D eigenvalue weighted by Gasteiger charge is -2.16. The molecule has 8 heteroatoms. The van der Waals surface area contributed by atoms with Gasteiger partial charge in [0.15, 0.2) is 23.2 Å². The van der Waals surface area contributed by atoms with E-state index in [1.807, 2.05) is 13.0 Å². The predicted molar refractivity (Wildman–Crippen MR) is 94.5 cm³/mol. The number of carbonyl (C=O) groups is 1. The van der Waals surface area contributed by atoms with Crippen molar-refractivity contribution in [3.05, 3.63) is 48.5 Å². The molecule has 1 amide bonds. The number of aliphatic hydroxyl groups is 1. The Bertz CT molecular complexity index is 927. The fraction of sp³-hybridized carbons (Fsp3) is 0.333. The van der Waals surface area contributed by atoms with Crippen molar-refractivity contribution < 1.29 is 14.6 Å². The summed E-state index contributed by atoms with van der Waals surface area (Å²) in [5.74, 6) is 0.0467. The molecule has 134 valence electrons. The molecule has 0 bridgehead atoms. The Morgan fingerprint density at radius 1 is 1.31 bits per heavy atom. The number of ether oxygens (including phenoxy) is 1. The molecule has 8 nitrogen and oxygen atoms in total. The summed E-state index contributed by atoms with van der Waals surface area (Å²) in [4.78, 5) is 25.1. The third-order valence-electron chi connectivity index (χ3n) is 4.52. The van der Waals surface area contributed by atoms with E-state index < -0.39 is 12.3 Å². The van der Waals surface area contributed by atoms with Crippen LogP contribution in [0.1, 0.15) is 36.4 Å². The molecule has 0 spiro atoms. The Labute approximate surface area is 149 Å². The maximum atomic E-state index is 12.4. The maximum absolute atomic E-state index is 12.4. The van der Waals surface area contributed by atoms with Crippen LogP contribution >= 0.6 is 0 Å². The van der Waals surface area contributed by atoms with Gasteiger partial charge < -0.3 is 15.2 Å². The minimum Gasteiger partial charge on any atom is -0.388 e. The number of rotatable bonds is 4. The lowest BCUT2D eigenvalue weighted by molar-refractivity contribution is -0.0355. The molecule has 3 atom stereocenters. The fourth-order valence-electron chi connectivity index (χ4n) is 3.14. The van der Waals surface area contributed by atoms with Gasteiger partial charge in [-0.1, -0.05) is 25.1 Å². The number of imidazole rings is 1. The molecular formula is C18H19N5O3. The van der Waals surface area contributed by atoms with Crippen LogP contribution in [-0.2, 0) is 4.74 Å². The van der Waals surface area contributed by atoms with Crippen LogP contribution in [0.5, 0.6) is 0 Å². The number of hydrogen-bond donors (Lipinski definition) is 2. The fourth-order valence-corrected chi connectivity index (χ4v) is 3.14. The number of carbonyl (C=O) groups excluding carboxylic acids is 1. The zero-order valence-electron chi connectivity index (χ0n) is 14.2. The van der Waals surface area contributed by atoms with E-state index in [0.717, 1.165) is 6.42 Å². The summed E-state index contributed by atoms with van der Waals surface area (Å²) in [6.07, 6.45) is 3.15. The number of benzene rings is 1. The van der Waals surface area contributed by atoms with Crippen molar-refractivity contribution in [1.82, 2.24) is 19.5 Å². The van der Waals surface area contributed by atoms with Crippen LogP contribution in [0.25, 0.3) is 11.2 Å². The topological polar surface area (TPSA) is 102 Å². The lowest BCUT2D eigenvalue weighted by atomic mass is 10.1. The number of hydrogen-bond acceptors (Lipinski definition) is 6. The van der Waals surface area contributed by atoms with Crippen molar-refractivity contribution in [3.8, 4) is 0 Å². The summed E-state index contributed by atoms with van der Waals surface area (Å²) in [5, 5.41) is 13.1. The summed E-state index contributed by atoms with van der Waals surface area (Å²) >= 11 is 0. The number of aliphatic hydroxyl groups excluding tert-OH is 1. The molecule has 1 saturated heterocycles. The zero-order valence-corrected chi connectivity index (χ0v) is 14.2. The Morgan fingerprint density at radius 3 is 2.85 bits per heavy atom. The molecule has 0 aliphatic carbocycles. The molecule has 0 saturated carbocycles. The van der Waals surface area contributed by atoms with E-state index in [-0.39, 0.29) is 12.0 Å². The molecule has 26 heavy (non-hydrogen) atoms. The molecule has 3 aromatic rings. The van der Waals surface area contributed by atoms with Crippen LogP contribution in [0, 0.1) is 0 Å². The molecule has 1 fully saturated rings. The van der Waals surface area contributed by atoms with Gasteiger partial charge in [-0.3, -0.25) is 9.36 Å². The Balaban J connectivity index is 1.64. The van der Waals surface area contributed by atoms with Crippen molar-refractivity contribution in [2.45, 2.75) is 38.2 Å². The van der Waals surface area contributed by atoms with Gasteiger partial charge in [0.05, 0.1) is 12.4 Å². The lowest BCUT2D eigenvalue weighted by Crippen LogP contribution is -2.19. The Kier molecular flexibility index (Phi) is 4.36. The zero-order chi connectivity index (χ0) is 18.1. The summed E-state index contributed by atoms with van der Waals surface area (Å²) in [6, 6.07) is 8.88. The first-order valence-electron chi connectivity index (χ1n) is 8.55. The van der Waals surface area contributed by atoms with E-state index in [0.29, 0.717) is 29.0 Å². The van der Waals surface area contributed by atoms with Crippen molar-refractivity contribution in [3.63, 3.8) is 0 Å². The van der Waals surface area contributed by atoms with E-state index >= 15 is 0 Å². The van der Waals surface area contributed by atoms with Crippen molar-refractivity contribution in [2.75, 3.05) is 5.32 Å². The number of aromatic nitrogens is 4. The van der Waals surface area contributed by atoms with Crippen LogP contribution in [0.3, 0.4) is 0 Å². The summed E-state index contributed by atoms with van der Waals surface area (Å²) in [7, 11) is 0. The number of nitrogens with zero attached hydrogens (tertiary/aromatic N) is 4. The SMILES string of the molecule is CC[C@@H]1C[C@@H](O)[C@H](n2cnc3c(NC(=O)c4ccccc4)ncnc32)O1. The Hall–Kier alpha value is -2.84. The van der Waals surface area contributed by atoms with Gasteiger partial charge in [-0.25, -0.2) is 15.0 Å². The molecule has 0 unspecified atom stereocenters. The highest BCUT2D eigenvalue weighted by molar-refractivity contribution is 6.06. The first-order chi connectivity index (χ1) is 12.7. The molecule has 2 aromatic heterocycles. The van der Waals surface area contributed by atoms with Gasteiger partial charge in [0.1, 0.15) is 12.4 Å². The van der Waals surface area contributed by atoms with E-state index in [4.69, 9.17) is 4.74 Å². The third kappa shape index (κ3) is 2.93. The average molecular weight is 353 g/mol. The molecule has 3 heterocycles. The molecule has 1 aliphatic heterocycles. The molecule has 1 aliphatic rings. The second-order valence-corrected chi connectivity index (χ2v) is 6.23. The van der Waals surface area contributed by atoms with Crippen LogP contribution in [-0.4, -0.2) is 42.7 Å². The van der Waals surface area contributed by atoms with Gasteiger partial charge in [0.25, 0.3) is 5.91 Å². The Morgan fingerprint density at radius 2 is 2.12 bits per heavy atom. The van der Waals surface area contributed by atoms with Gasteiger partial charge in [0.2, 0.25) is 0 Å². The van der Waals surface area contributed by atoms with Crippen molar-refractivity contribution in [1.29, 1.82) is 0 Å². The summed E-state index contributed by atoms with van der Waals surface area (Å²) in [5.41, 5.74) is 1.48. The molecular weight excluding hydrogens is 334 g/mol. The first kappa shape index (κ1) is 16.6. The quantitative estimate of drug-likeness (QED) is 0.745. The number of nitrogens with one attached hydrogen (secondary N) is 1. The minimum absolute atomic E-state index is 0.00606. The molecule has 1 aromatic carbocycles. The molecule has 2 N–H and O–H groups in total. The minimum atomic E-state index is -0.630. The van der Waals surface area contributed by atoms with Crippen molar-refractivity contribution >= 4 is 22.9 Å². The largest absolute Gasteiger partial charge is 0.388 e. The van der Waals surface area contributed by atoms with Crippen LogP contribution < -0.4 is 5.32 Å². The van der Waals surface area contributed by atoms with Crippen LogP contribution in [0.4, 0.5) is 5.82 Å². The van der Waals surface area contributed by atoms with E-state index in [1.165, 1.54) is 6.33 Å². The van der Waals surface area contributed by atoms with Crippen LogP contribution in [0.15, 0.2) is 43.0 Å². The van der Waals surface area contributed by atoms with E-state index in [1.54, 1.807) is 35.2 Å². The number of amides is 1. The predicted octanol–water partition coefficient (Wildman–Crippen LogP) is 2.14. The van der Waals surface area contributed by atoms with Gasteiger partial charge in [-0.05, 0) is 18.6 Å². The standard InChI is InChI=1S/C18H19N5O3/c1-2-12-8-13(24)18(26-12)23-10-21-14-15(19-9-20-16(14)23)22-17(25)11-6-4-3-5-7-11/h3-7,9-10,12-13,18,24H,2,8H2,1H3,(H,19,20,22,25)/t12-,13-,18-/m1/s1. The van der Waals surface area contributed by atoms with Crippen LogP contribution in [0.2, 0.25) is 0 Å². The number of fused-ring (bicyclic) bond motifs is 1. The smallest absolute Gasteiger partial charge is 0.256 e. The maximum Gasteiger partial charge on any atom is 0.256 e. The van der Waals surface area contributed by atoms with E-state index in [9.17, 15) is 9.90 Å². The highest BCUT2D eigenvalue weighted by Gasteiger charge is 2.35. The number of anilines is 1.